The predicted molar refractivity (Wildman–Crippen MR) is 113 cm³/mol. The first-order valence-electron chi connectivity index (χ1n) is 7.97. The number of hydrogen-bond acceptors (Lipinski definition) is 4. The molecule has 162 valence electrons. The molecule has 1 heterocycles. The zero-order valence-corrected chi connectivity index (χ0v) is 17.0. The van der Waals surface area contributed by atoms with Crippen LogP contribution in [0.25, 0.3) is 10.9 Å². The van der Waals surface area contributed by atoms with E-state index in [0.29, 0.717) is 5.69 Å². The highest BCUT2D eigenvalue weighted by Gasteiger charge is 2.34. The molecule has 3 aromatic rings. The molecule has 0 saturated carbocycles. The molecular formula is C18H18Cl2F3N5O2. The van der Waals surface area contributed by atoms with E-state index in [2.05, 4.69) is 4.98 Å². The Morgan fingerprint density at radius 2 is 1.77 bits per heavy atom. The topological polar surface area (TPSA) is 121 Å². The number of anilines is 1. The van der Waals surface area contributed by atoms with Crippen molar-refractivity contribution in [2.24, 2.45) is 5.73 Å². The van der Waals surface area contributed by atoms with Gasteiger partial charge >= 0.3 is 6.18 Å². The summed E-state index contributed by atoms with van der Waals surface area (Å²) < 4.78 is 45.9. The van der Waals surface area contributed by atoms with Gasteiger partial charge in [-0.1, -0.05) is 12.1 Å². The van der Waals surface area contributed by atoms with Gasteiger partial charge in [-0.2, -0.15) is 13.2 Å². The van der Waals surface area contributed by atoms with Crippen LogP contribution in [-0.2, 0) is 6.18 Å². The maximum atomic E-state index is 13.4. The summed E-state index contributed by atoms with van der Waals surface area (Å²) >= 11 is 0. The first-order valence-corrected chi connectivity index (χ1v) is 7.97. The standard InChI is InChI=1S/C18H16F3N5O2.2ClH/c1-26(17(23)24)16(27)12-8-9-10(18(19,20)21)6-7-14(15(9)25-12)28-13-5-3-2-4-11(13)22;;/h2-8,25H,22H2,1H3,(H3,23,24);2*1H. The number of H-pyrrole nitrogens is 1. The minimum atomic E-state index is -4.64. The van der Waals surface area contributed by atoms with E-state index in [4.69, 9.17) is 21.6 Å². The van der Waals surface area contributed by atoms with E-state index >= 15 is 0 Å². The van der Waals surface area contributed by atoms with Crippen LogP contribution in [0.1, 0.15) is 16.1 Å². The number of carbonyl (C=O) groups excluding carboxylic acids is 1. The van der Waals surface area contributed by atoms with Crippen LogP contribution in [0.4, 0.5) is 18.9 Å². The number of guanidine groups is 1. The molecule has 1 amide bonds. The zero-order chi connectivity index (χ0) is 20.6. The molecule has 12 heteroatoms. The summed E-state index contributed by atoms with van der Waals surface area (Å²) in [5, 5.41) is 7.07. The molecule has 0 radical (unpaired) electrons. The van der Waals surface area contributed by atoms with E-state index in [-0.39, 0.29) is 52.9 Å². The number of benzene rings is 2. The molecule has 0 bridgehead atoms. The summed E-state index contributed by atoms with van der Waals surface area (Å²) in [6.07, 6.45) is -4.64. The molecule has 3 rings (SSSR count). The van der Waals surface area contributed by atoms with E-state index in [1.807, 2.05) is 0 Å². The smallest absolute Gasteiger partial charge is 0.417 e. The number of alkyl halides is 3. The van der Waals surface area contributed by atoms with E-state index in [9.17, 15) is 18.0 Å². The number of halogens is 5. The van der Waals surface area contributed by atoms with Crippen molar-refractivity contribution in [1.29, 1.82) is 5.41 Å². The summed E-state index contributed by atoms with van der Waals surface area (Å²) in [6.45, 7) is 0. The Balaban J connectivity index is 0.00000225. The Bertz CT molecular complexity index is 1090. The summed E-state index contributed by atoms with van der Waals surface area (Å²) in [7, 11) is 1.24. The van der Waals surface area contributed by atoms with Crippen molar-refractivity contribution in [2.75, 3.05) is 12.8 Å². The van der Waals surface area contributed by atoms with E-state index < -0.39 is 23.6 Å². The first kappa shape index (κ1) is 24.9. The highest BCUT2D eigenvalue weighted by Crippen LogP contribution is 2.40. The largest absolute Gasteiger partial charge is 0.453 e. The highest BCUT2D eigenvalue weighted by molar-refractivity contribution is 6.06. The lowest BCUT2D eigenvalue weighted by atomic mass is 10.1. The molecular weight excluding hydrogens is 446 g/mol. The Morgan fingerprint density at radius 3 is 2.33 bits per heavy atom. The van der Waals surface area contributed by atoms with Crippen LogP contribution in [0.5, 0.6) is 11.5 Å². The summed E-state index contributed by atoms with van der Waals surface area (Å²) in [5.41, 5.74) is 10.3. The van der Waals surface area contributed by atoms with Gasteiger partial charge in [0.2, 0.25) is 0 Å². The molecule has 0 aliphatic heterocycles. The first-order chi connectivity index (χ1) is 13.1. The Kier molecular flexibility index (Phi) is 7.59. The Hall–Kier alpha value is -3.11. The number of rotatable bonds is 3. The third-order valence-electron chi connectivity index (χ3n) is 4.10. The molecule has 0 unspecified atom stereocenters. The van der Waals surface area contributed by atoms with Gasteiger partial charge in [-0.3, -0.25) is 15.1 Å². The van der Waals surface area contributed by atoms with Crippen LogP contribution < -0.4 is 16.2 Å². The second kappa shape index (κ2) is 9.14. The minimum Gasteiger partial charge on any atom is -0.453 e. The third-order valence-corrected chi connectivity index (χ3v) is 4.10. The fraction of sp³-hybridized carbons (Fsp3) is 0.111. The SMILES string of the molecule is CN(C(=N)N)C(=O)c1cc2c(C(F)(F)F)ccc(Oc3ccccc3N)c2[nH]1.Cl.Cl. The van der Waals surface area contributed by atoms with Crippen LogP contribution in [-0.4, -0.2) is 28.8 Å². The number of amides is 1. The second-order valence-electron chi connectivity index (χ2n) is 5.97. The molecule has 0 saturated heterocycles. The Labute approximate surface area is 181 Å². The van der Waals surface area contributed by atoms with Crippen molar-refractivity contribution in [2.45, 2.75) is 6.18 Å². The molecule has 0 fully saturated rings. The highest BCUT2D eigenvalue weighted by atomic mass is 35.5. The van der Waals surface area contributed by atoms with Gasteiger partial charge < -0.3 is 21.2 Å². The molecule has 2 aromatic carbocycles. The molecule has 30 heavy (non-hydrogen) atoms. The van der Waals surface area contributed by atoms with Gasteiger partial charge in [0.15, 0.2) is 11.7 Å². The molecule has 6 N–H and O–H groups in total. The number of aromatic nitrogens is 1. The van der Waals surface area contributed by atoms with Gasteiger partial charge in [0.1, 0.15) is 11.4 Å². The molecule has 7 nitrogen and oxygen atoms in total. The molecule has 0 aliphatic carbocycles. The number of nitrogens with zero attached hydrogens (tertiary/aromatic N) is 1. The maximum absolute atomic E-state index is 13.4. The molecule has 1 aromatic heterocycles. The van der Waals surface area contributed by atoms with Crippen LogP contribution in [0.3, 0.4) is 0 Å². The van der Waals surface area contributed by atoms with E-state index in [0.717, 1.165) is 23.1 Å². The third kappa shape index (κ3) is 4.71. The van der Waals surface area contributed by atoms with Crippen molar-refractivity contribution >= 4 is 53.3 Å². The second-order valence-corrected chi connectivity index (χ2v) is 5.97. The summed E-state index contributed by atoms with van der Waals surface area (Å²) in [4.78, 5) is 15.8. The number of ether oxygens (including phenoxy) is 1. The fourth-order valence-electron chi connectivity index (χ4n) is 2.62. The number of nitrogens with two attached hydrogens (primary N) is 2. The van der Waals surface area contributed by atoms with Gasteiger partial charge in [-0.25, -0.2) is 0 Å². The van der Waals surface area contributed by atoms with Crippen LogP contribution in [0, 0.1) is 5.41 Å². The van der Waals surface area contributed by atoms with Crippen LogP contribution in [0.2, 0.25) is 0 Å². The quantitative estimate of drug-likeness (QED) is 0.261. The number of fused-ring (bicyclic) bond motifs is 1. The van der Waals surface area contributed by atoms with Crippen molar-refractivity contribution in [1.82, 2.24) is 9.88 Å². The van der Waals surface area contributed by atoms with Gasteiger partial charge in [-0.15, -0.1) is 24.8 Å². The predicted octanol–water partition coefficient (Wildman–Crippen LogP) is 4.37. The molecule has 0 aliphatic rings. The Morgan fingerprint density at radius 1 is 1.13 bits per heavy atom. The van der Waals surface area contributed by atoms with Gasteiger partial charge in [-0.05, 0) is 30.3 Å². The monoisotopic (exact) mass is 463 g/mol. The summed E-state index contributed by atoms with van der Waals surface area (Å²) in [6, 6.07) is 9.58. The van der Waals surface area contributed by atoms with Gasteiger partial charge in [0.25, 0.3) is 5.91 Å². The number of hydrogen-bond donors (Lipinski definition) is 4. The van der Waals surface area contributed by atoms with Crippen molar-refractivity contribution < 1.29 is 22.7 Å². The maximum Gasteiger partial charge on any atom is 0.417 e. The van der Waals surface area contributed by atoms with Crippen molar-refractivity contribution in [3.05, 3.63) is 53.7 Å². The number of aromatic amines is 1. The zero-order valence-electron chi connectivity index (χ0n) is 15.4. The molecule has 0 atom stereocenters. The number of nitrogen functional groups attached to an aromatic ring is 1. The minimum absolute atomic E-state index is 0. The van der Waals surface area contributed by atoms with Gasteiger partial charge in [0.05, 0.1) is 16.8 Å². The average molecular weight is 464 g/mol. The average Bonchev–Trinajstić information content (AvgIpc) is 3.06. The number of nitrogens with one attached hydrogen (secondary N) is 2. The normalized spacial score (nSPS) is 10.7. The number of para-hydroxylation sites is 2. The lowest BCUT2D eigenvalue weighted by Crippen LogP contribution is -2.38. The lowest BCUT2D eigenvalue weighted by Gasteiger charge is -2.13. The summed E-state index contributed by atoms with van der Waals surface area (Å²) in [5.74, 6) is -0.993. The fourth-order valence-corrected chi connectivity index (χ4v) is 2.62. The van der Waals surface area contributed by atoms with E-state index in [1.165, 1.54) is 7.05 Å². The van der Waals surface area contributed by atoms with Crippen molar-refractivity contribution in [3.63, 3.8) is 0 Å². The number of carbonyl (C=O) groups is 1. The lowest BCUT2D eigenvalue weighted by molar-refractivity contribution is -0.136. The molecule has 0 spiro atoms. The van der Waals surface area contributed by atoms with Crippen molar-refractivity contribution in [3.8, 4) is 11.5 Å². The van der Waals surface area contributed by atoms with Gasteiger partial charge in [0, 0.05) is 12.4 Å². The van der Waals surface area contributed by atoms with E-state index in [1.54, 1.807) is 24.3 Å². The van der Waals surface area contributed by atoms with Crippen LogP contribution >= 0.6 is 24.8 Å². The van der Waals surface area contributed by atoms with Crippen LogP contribution in [0.15, 0.2) is 42.5 Å².